The summed E-state index contributed by atoms with van der Waals surface area (Å²) in [6.07, 6.45) is 0. The first-order valence-corrected chi connectivity index (χ1v) is 10.8. The molecule has 31 heavy (non-hydrogen) atoms. The van der Waals surface area contributed by atoms with E-state index in [9.17, 15) is 4.79 Å². The Morgan fingerprint density at radius 3 is 2.23 bits per heavy atom. The molecule has 0 N–H and O–H groups in total. The van der Waals surface area contributed by atoms with Gasteiger partial charge in [0, 0.05) is 41.8 Å². The van der Waals surface area contributed by atoms with Gasteiger partial charge in [0.15, 0.2) is 12.4 Å². The predicted octanol–water partition coefficient (Wildman–Crippen LogP) is 4.83. The van der Waals surface area contributed by atoms with Gasteiger partial charge >= 0.3 is 0 Å². The standard InChI is InChI=1S/C22H19Cl3N4O2/c23-15-1-4-17(5-2-15)31-14-22(30)29-11-9-28(10-12-29)21-8-7-20(26-27-21)18-6-3-16(24)13-19(18)25/h1-8,13H,9-12,14H2. The molecular formula is C22H19Cl3N4O2. The fourth-order valence-electron chi connectivity index (χ4n) is 3.29. The lowest BCUT2D eigenvalue weighted by molar-refractivity contribution is -0.133. The lowest BCUT2D eigenvalue weighted by Crippen LogP contribution is -2.50. The zero-order valence-corrected chi connectivity index (χ0v) is 18.7. The Kier molecular flexibility index (Phi) is 6.80. The zero-order chi connectivity index (χ0) is 21.8. The Morgan fingerprint density at radius 1 is 0.871 bits per heavy atom. The number of aromatic nitrogens is 2. The van der Waals surface area contributed by atoms with Crippen LogP contribution in [0.15, 0.2) is 54.6 Å². The molecule has 1 amide bonds. The van der Waals surface area contributed by atoms with E-state index in [1.54, 1.807) is 41.3 Å². The second-order valence-electron chi connectivity index (χ2n) is 7.01. The average Bonchev–Trinajstić information content (AvgIpc) is 2.79. The molecule has 4 rings (SSSR count). The van der Waals surface area contributed by atoms with Gasteiger partial charge in [-0.3, -0.25) is 4.79 Å². The third-order valence-electron chi connectivity index (χ3n) is 4.99. The number of carbonyl (C=O) groups is 1. The Hall–Kier alpha value is -2.54. The Labute approximate surface area is 195 Å². The molecule has 1 fully saturated rings. The van der Waals surface area contributed by atoms with Crippen molar-refractivity contribution in [3.63, 3.8) is 0 Å². The quantitative estimate of drug-likeness (QED) is 0.527. The summed E-state index contributed by atoms with van der Waals surface area (Å²) in [6.45, 7) is 2.52. The molecule has 6 nitrogen and oxygen atoms in total. The van der Waals surface area contributed by atoms with Gasteiger partial charge in [0.05, 0.1) is 10.7 Å². The molecule has 1 aromatic heterocycles. The summed E-state index contributed by atoms with van der Waals surface area (Å²) in [5.74, 6) is 1.33. The monoisotopic (exact) mass is 476 g/mol. The Morgan fingerprint density at radius 2 is 1.58 bits per heavy atom. The van der Waals surface area contributed by atoms with Crippen LogP contribution in [-0.4, -0.2) is 53.8 Å². The van der Waals surface area contributed by atoms with Crippen molar-refractivity contribution in [1.82, 2.24) is 15.1 Å². The molecule has 0 saturated carbocycles. The first-order valence-electron chi connectivity index (χ1n) is 9.70. The maximum Gasteiger partial charge on any atom is 0.260 e. The smallest absolute Gasteiger partial charge is 0.260 e. The van der Waals surface area contributed by atoms with Crippen molar-refractivity contribution in [3.8, 4) is 17.0 Å². The first-order chi connectivity index (χ1) is 15.0. The van der Waals surface area contributed by atoms with E-state index in [2.05, 4.69) is 15.1 Å². The van der Waals surface area contributed by atoms with Gasteiger partial charge in [-0.2, -0.15) is 0 Å². The molecule has 0 unspecified atom stereocenters. The highest BCUT2D eigenvalue weighted by molar-refractivity contribution is 6.36. The summed E-state index contributed by atoms with van der Waals surface area (Å²) in [5.41, 5.74) is 1.46. The van der Waals surface area contributed by atoms with Crippen LogP contribution >= 0.6 is 34.8 Å². The summed E-state index contributed by atoms with van der Waals surface area (Å²) in [5, 5.41) is 10.4. The summed E-state index contributed by atoms with van der Waals surface area (Å²) >= 11 is 18.1. The molecule has 1 aliphatic rings. The largest absolute Gasteiger partial charge is 0.484 e. The van der Waals surface area contributed by atoms with Crippen molar-refractivity contribution in [1.29, 1.82) is 0 Å². The van der Waals surface area contributed by atoms with Gasteiger partial charge in [0.25, 0.3) is 5.91 Å². The van der Waals surface area contributed by atoms with Crippen LogP contribution in [0.5, 0.6) is 5.75 Å². The number of piperazine rings is 1. The van der Waals surface area contributed by atoms with Crippen LogP contribution < -0.4 is 9.64 Å². The third kappa shape index (κ3) is 5.39. The van der Waals surface area contributed by atoms with Gasteiger partial charge in [-0.25, -0.2) is 0 Å². The maximum atomic E-state index is 12.4. The van der Waals surface area contributed by atoms with Crippen LogP contribution in [0.3, 0.4) is 0 Å². The van der Waals surface area contributed by atoms with E-state index in [0.717, 1.165) is 11.4 Å². The predicted molar refractivity (Wildman–Crippen MR) is 123 cm³/mol. The molecule has 2 heterocycles. The number of carbonyl (C=O) groups excluding carboxylic acids is 1. The van der Waals surface area contributed by atoms with Crippen molar-refractivity contribution in [2.24, 2.45) is 0 Å². The lowest BCUT2D eigenvalue weighted by Gasteiger charge is -2.35. The summed E-state index contributed by atoms with van der Waals surface area (Å²) in [6, 6.07) is 16.0. The van der Waals surface area contributed by atoms with Crippen LogP contribution in [0.2, 0.25) is 15.1 Å². The molecule has 0 spiro atoms. The topological polar surface area (TPSA) is 58.6 Å². The van der Waals surface area contributed by atoms with Gasteiger partial charge in [0.1, 0.15) is 5.75 Å². The van der Waals surface area contributed by atoms with Crippen LogP contribution in [0.25, 0.3) is 11.3 Å². The zero-order valence-electron chi connectivity index (χ0n) is 16.5. The lowest BCUT2D eigenvalue weighted by atomic mass is 10.1. The fraction of sp³-hybridized carbons (Fsp3) is 0.227. The second kappa shape index (κ2) is 9.73. The number of hydrogen-bond donors (Lipinski definition) is 0. The highest BCUT2D eigenvalue weighted by Crippen LogP contribution is 2.29. The van der Waals surface area contributed by atoms with Gasteiger partial charge < -0.3 is 14.5 Å². The van der Waals surface area contributed by atoms with E-state index >= 15 is 0 Å². The number of hydrogen-bond acceptors (Lipinski definition) is 5. The molecular weight excluding hydrogens is 459 g/mol. The number of ether oxygens (including phenoxy) is 1. The number of halogens is 3. The van der Waals surface area contributed by atoms with E-state index in [4.69, 9.17) is 39.5 Å². The van der Waals surface area contributed by atoms with Crippen molar-refractivity contribution in [3.05, 3.63) is 69.7 Å². The molecule has 0 bridgehead atoms. The van der Waals surface area contributed by atoms with Gasteiger partial charge in [-0.1, -0.05) is 34.8 Å². The van der Waals surface area contributed by atoms with E-state index in [-0.39, 0.29) is 12.5 Å². The summed E-state index contributed by atoms with van der Waals surface area (Å²) in [7, 11) is 0. The minimum Gasteiger partial charge on any atom is -0.484 e. The molecule has 1 aliphatic heterocycles. The van der Waals surface area contributed by atoms with Crippen LogP contribution in [-0.2, 0) is 4.79 Å². The maximum absolute atomic E-state index is 12.4. The third-order valence-corrected chi connectivity index (χ3v) is 5.79. The molecule has 160 valence electrons. The molecule has 9 heteroatoms. The fourth-order valence-corrected chi connectivity index (χ4v) is 3.92. The molecule has 1 saturated heterocycles. The molecule has 0 atom stereocenters. The van der Waals surface area contributed by atoms with Crippen LogP contribution in [0.1, 0.15) is 0 Å². The Bertz CT molecular complexity index is 1050. The van der Waals surface area contributed by atoms with E-state index in [0.29, 0.717) is 52.7 Å². The number of nitrogens with zero attached hydrogens (tertiary/aromatic N) is 4. The van der Waals surface area contributed by atoms with Crippen molar-refractivity contribution in [2.75, 3.05) is 37.7 Å². The van der Waals surface area contributed by atoms with Gasteiger partial charge in [-0.05, 0) is 54.6 Å². The minimum absolute atomic E-state index is 0.00200. The number of anilines is 1. The van der Waals surface area contributed by atoms with Gasteiger partial charge in [-0.15, -0.1) is 10.2 Å². The van der Waals surface area contributed by atoms with Crippen molar-refractivity contribution in [2.45, 2.75) is 0 Å². The molecule has 3 aromatic rings. The highest BCUT2D eigenvalue weighted by atomic mass is 35.5. The van der Waals surface area contributed by atoms with Crippen LogP contribution in [0.4, 0.5) is 5.82 Å². The van der Waals surface area contributed by atoms with Crippen LogP contribution in [0, 0.1) is 0 Å². The van der Waals surface area contributed by atoms with Crippen molar-refractivity contribution >= 4 is 46.5 Å². The van der Waals surface area contributed by atoms with Crippen molar-refractivity contribution < 1.29 is 9.53 Å². The Balaban J connectivity index is 1.31. The average molecular weight is 478 g/mol. The van der Waals surface area contributed by atoms with E-state index in [1.807, 2.05) is 18.2 Å². The number of benzene rings is 2. The van der Waals surface area contributed by atoms with E-state index < -0.39 is 0 Å². The highest BCUT2D eigenvalue weighted by Gasteiger charge is 2.22. The van der Waals surface area contributed by atoms with E-state index in [1.165, 1.54) is 0 Å². The summed E-state index contributed by atoms with van der Waals surface area (Å²) in [4.78, 5) is 16.3. The molecule has 0 aliphatic carbocycles. The SMILES string of the molecule is O=C(COc1ccc(Cl)cc1)N1CCN(c2ccc(-c3ccc(Cl)cc3Cl)nn2)CC1. The number of rotatable bonds is 5. The van der Waals surface area contributed by atoms with Gasteiger partial charge in [0.2, 0.25) is 0 Å². The first kappa shape index (κ1) is 21.7. The normalized spacial score (nSPS) is 13.9. The molecule has 2 aromatic carbocycles. The second-order valence-corrected chi connectivity index (χ2v) is 8.29. The minimum atomic E-state index is -0.0478. The molecule has 0 radical (unpaired) electrons. The summed E-state index contributed by atoms with van der Waals surface area (Å²) < 4.78 is 5.55. The number of amides is 1.